The largest absolute Gasteiger partial charge is 0.389 e. The van der Waals surface area contributed by atoms with Crippen molar-refractivity contribution in [3.05, 3.63) is 77.6 Å². The molecule has 0 saturated carbocycles. The molecule has 1 aliphatic carbocycles. The van der Waals surface area contributed by atoms with Crippen molar-refractivity contribution < 1.29 is 22.8 Å². The summed E-state index contributed by atoms with van der Waals surface area (Å²) in [6.07, 6.45) is 5.52. The minimum Gasteiger partial charge on any atom is -0.296 e. The number of nitrogens with zero attached hydrogens (tertiary/aromatic N) is 2. The lowest BCUT2D eigenvalue weighted by atomic mass is 9.87. The molecule has 0 amide bonds. The highest BCUT2D eigenvalue weighted by Gasteiger charge is 2.25. The van der Waals surface area contributed by atoms with Gasteiger partial charge >= 0.3 is 6.18 Å². The number of halogens is 3. The first kappa shape index (κ1) is 29.5. The molecular formula is C33H37F3N2O2. The number of alkyl halides is 3. The van der Waals surface area contributed by atoms with Crippen LogP contribution in [-0.2, 0) is 21.4 Å². The SMILES string of the molecule is CC(C)(C)c1ccc2c(c1)nc(CCCCCCCCCC(F)(F)F)n2-c1ccc(C2=CC(=O)C=CC2=O)cc1. The Bertz CT molecular complexity index is 1420. The van der Waals surface area contributed by atoms with E-state index in [2.05, 4.69) is 43.5 Å². The van der Waals surface area contributed by atoms with E-state index in [-0.39, 0.29) is 23.4 Å². The third-order valence-electron chi connectivity index (χ3n) is 7.34. The van der Waals surface area contributed by atoms with Crippen LogP contribution in [0.2, 0.25) is 0 Å². The minimum atomic E-state index is -4.06. The summed E-state index contributed by atoms with van der Waals surface area (Å²) in [4.78, 5) is 29.1. The van der Waals surface area contributed by atoms with Crippen molar-refractivity contribution in [2.75, 3.05) is 0 Å². The van der Waals surface area contributed by atoms with Gasteiger partial charge in [-0.2, -0.15) is 13.2 Å². The Balaban J connectivity index is 1.49. The van der Waals surface area contributed by atoms with Gasteiger partial charge in [0, 0.05) is 24.1 Å². The van der Waals surface area contributed by atoms with E-state index < -0.39 is 12.6 Å². The van der Waals surface area contributed by atoms with Crippen LogP contribution in [0.3, 0.4) is 0 Å². The quantitative estimate of drug-likeness (QED) is 0.177. The summed E-state index contributed by atoms with van der Waals surface area (Å²) in [6, 6.07) is 14.0. The fourth-order valence-electron chi connectivity index (χ4n) is 5.07. The first-order chi connectivity index (χ1) is 18.9. The van der Waals surface area contributed by atoms with Gasteiger partial charge in [0.15, 0.2) is 11.6 Å². The van der Waals surface area contributed by atoms with E-state index in [1.54, 1.807) is 0 Å². The maximum atomic E-state index is 12.3. The second-order valence-electron chi connectivity index (χ2n) is 11.6. The van der Waals surface area contributed by atoms with Gasteiger partial charge in [-0.3, -0.25) is 14.2 Å². The van der Waals surface area contributed by atoms with Gasteiger partial charge in [0.2, 0.25) is 0 Å². The molecule has 40 heavy (non-hydrogen) atoms. The van der Waals surface area contributed by atoms with Crippen LogP contribution in [0.1, 0.15) is 89.1 Å². The number of rotatable bonds is 11. The van der Waals surface area contributed by atoms with Crippen molar-refractivity contribution >= 4 is 28.2 Å². The standard InChI is InChI=1S/C33H37F3N2O2/c1-32(2,3)24-14-18-29-28(21-24)37-31(11-9-7-5-4-6-8-10-20-33(34,35)36)38(29)25-15-12-23(13-16-25)27-22-26(39)17-19-30(27)40/h12-19,21-22H,4-11,20H2,1-3H3. The normalized spacial score (nSPS) is 14.3. The zero-order chi connectivity index (χ0) is 28.9. The van der Waals surface area contributed by atoms with Crippen LogP contribution in [-0.4, -0.2) is 27.3 Å². The van der Waals surface area contributed by atoms with Gasteiger partial charge in [-0.05, 0) is 71.9 Å². The topological polar surface area (TPSA) is 52.0 Å². The van der Waals surface area contributed by atoms with Crippen molar-refractivity contribution in [3.8, 4) is 5.69 Å². The Morgan fingerprint density at radius 2 is 1.45 bits per heavy atom. The summed E-state index contributed by atoms with van der Waals surface area (Å²) >= 11 is 0. The molecule has 212 valence electrons. The third-order valence-corrected chi connectivity index (χ3v) is 7.34. The van der Waals surface area contributed by atoms with Crippen molar-refractivity contribution in [2.24, 2.45) is 0 Å². The Hall–Kier alpha value is -3.48. The van der Waals surface area contributed by atoms with E-state index in [1.165, 1.54) is 23.8 Å². The average molecular weight is 551 g/mol. The van der Waals surface area contributed by atoms with Gasteiger partial charge in [0.1, 0.15) is 5.82 Å². The molecule has 0 atom stereocenters. The van der Waals surface area contributed by atoms with E-state index in [9.17, 15) is 22.8 Å². The molecule has 0 saturated heterocycles. The monoisotopic (exact) mass is 550 g/mol. The second kappa shape index (κ2) is 12.4. The molecule has 3 aromatic rings. The Kier molecular flexibility index (Phi) is 9.12. The number of allylic oxidation sites excluding steroid dienone is 4. The van der Waals surface area contributed by atoms with Crippen molar-refractivity contribution in [2.45, 2.75) is 90.1 Å². The number of fused-ring (bicyclic) bond motifs is 1. The van der Waals surface area contributed by atoms with Crippen LogP contribution in [0.25, 0.3) is 22.3 Å². The molecule has 4 nitrogen and oxygen atoms in total. The van der Waals surface area contributed by atoms with Gasteiger partial charge < -0.3 is 0 Å². The lowest BCUT2D eigenvalue weighted by Crippen LogP contribution is -2.10. The number of aromatic nitrogens is 2. The number of ketones is 2. The van der Waals surface area contributed by atoms with Crippen molar-refractivity contribution in [3.63, 3.8) is 0 Å². The molecule has 1 aliphatic rings. The number of unbranched alkanes of at least 4 members (excludes halogenated alkanes) is 6. The van der Waals surface area contributed by atoms with E-state index in [1.807, 2.05) is 24.3 Å². The molecule has 0 radical (unpaired) electrons. The van der Waals surface area contributed by atoms with E-state index in [0.29, 0.717) is 17.6 Å². The first-order valence-corrected chi connectivity index (χ1v) is 14.1. The highest BCUT2D eigenvalue weighted by atomic mass is 19.4. The molecule has 0 aliphatic heterocycles. The van der Waals surface area contributed by atoms with Crippen LogP contribution in [0, 0.1) is 0 Å². The van der Waals surface area contributed by atoms with Crippen LogP contribution in [0.5, 0.6) is 0 Å². The summed E-state index contributed by atoms with van der Waals surface area (Å²) in [6.45, 7) is 6.53. The molecular weight excluding hydrogens is 513 g/mol. The number of carbonyl (C=O) groups excluding carboxylic acids is 2. The second-order valence-corrected chi connectivity index (χ2v) is 11.6. The molecule has 7 heteroatoms. The molecule has 1 aromatic heterocycles. The minimum absolute atomic E-state index is 0.00792. The molecule has 0 N–H and O–H groups in total. The summed E-state index contributed by atoms with van der Waals surface area (Å²) in [5.41, 5.74) is 5.15. The number of carbonyl (C=O) groups is 2. The summed E-state index contributed by atoms with van der Waals surface area (Å²) in [5, 5.41) is 0. The van der Waals surface area contributed by atoms with Crippen LogP contribution in [0.15, 0.2) is 60.7 Å². The van der Waals surface area contributed by atoms with E-state index in [0.717, 1.165) is 61.1 Å². The lowest BCUT2D eigenvalue weighted by molar-refractivity contribution is -0.135. The predicted molar refractivity (Wildman–Crippen MR) is 154 cm³/mol. The van der Waals surface area contributed by atoms with Crippen molar-refractivity contribution in [1.29, 1.82) is 0 Å². The molecule has 4 rings (SSSR count). The highest BCUT2D eigenvalue weighted by Crippen LogP contribution is 2.30. The lowest BCUT2D eigenvalue weighted by Gasteiger charge is -2.18. The molecule has 0 fully saturated rings. The number of imidazole rings is 1. The summed E-state index contributed by atoms with van der Waals surface area (Å²) in [5.74, 6) is 0.568. The van der Waals surface area contributed by atoms with Gasteiger partial charge in [0.25, 0.3) is 0 Å². The van der Waals surface area contributed by atoms with E-state index >= 15 is 0 Å². The average Bonchev–Trinajstić information content (AvgIpc) is 3.25. The third kappa shape index (κ3) is 7.58. The fraction of sp³-hybridized carbons (Fsp3) is 0.424. The number of benzene rings is 2. The van der Waals surface area contributed by atoms with Crippen LogP contribution < -0.4 is 0 Å². The predicted octanol–water partition coefficient (Wildman–Crippen LogP) is 8.64. The zero-order valence-electron chi connectivity index (χ0n) is 23.5. The van der Waals surface area contributed by atoms with Gasteiger partial charge in [-0.25, -0.2) is 4.98 Å². The number of aryl methyl sites for hydroxylation is 1. The maximum absolute atomic E-state index is 12.3. The summed E-state index contributed by atoms with van der Waals surface area (Å²) in [7, 11) is 0. The van der Waals surface area contributed by atoms with Crippen LogP contribution >= 0.6 is 0 Å². The van der Waals surface area contributed by atoms with Gasteiger partial charge in [-0.15, -0.1) is 0 Å². The summed E-state index contributed by atoms with van der Waals surface area (Å²) < 4.78 is 39.1. The molecule has 0 unspecified atom stereocenters. The maximum Gasteiger partial charge on any atom is 0.389 e. The molecule has 0 bridgehead atoms. The van der Waals surface area contributed by atoms with E-state index in [4.69, 9.17) is 4.98 Å². The number of hydrogen-bond donors (Lipinski definition) is 0. The number of hydrogen-bond acceptors (Lipinski definition) is 3. The highest BCUT2D eigenvalue weighted by molar-refractivity contribution is 6.33. The zero-order valence-corrected chi connectivity index (χ0v) is 23.5. The first-order valence-electron chi connectivity index (χ1n) is 14.1. The fourth-order valence-corrected chi connectivity index (χ4v) is 5.07. The molecule has 0 spiro atoms. The van der Waals surface area contributed by atoms with Crippen molar-refractivity contribution in [1.82, 2.24) is 9.55 Å². The smallest absolute Gasteiger partial charge is 0.296 e. The Morgan fingerprint density at radius 1 is 0.800 bits per heavy atom. The van der Waals surface area contributed by atoms with Gasteiger partial charge in [-0.1, -0.05) is 71.1 Å². The van der Waals surface area contributed by atoms with Gasteiger partial charge in [0.05, 0.1) is 11.0 Å². The Labute approximate surface area is 234 Å². The van der Waals surface area contributed by atoms with Crippen LogP contribution in [0.4, 0.5) is 13.2 Å². The Morgan fingerprint density at radius 3 is 2.10 bits per heavy atom. The molecule has 1 heterocycles. The molecule has 2 aromatic carbocycles.